The van der Waals surface area contributed by atoms with Gasteiger partial charge >= 0.3 is 12.1 Å². The van der Waals surface area contributed by atoms with Crippen LogP contribution in [0, 0.1) is 0 Å². The van der Waals surface area contributed by atoms with E-state index in [0.29, 0.717) is 6.61 Å². The van der Waals surface area contributed by atoms with Gasteiger partial charge in [0, 0.05) is 18.0 Å². The second kappa shape index (κ2) is 9.80. The maximum atomic E-state index is 13.1. The molecular formula is C23H27NO6S. The summed E-state index contributed by atoms with van der Waals surface area (Å²) in [4.78, 5) is 28.4. The molecule has 1 aromatic heterocycles. The van der Waals surface area contributed by atoms with Crippen LogP contribution in [0.1, 0.15) is 29.7 Å². The Labute approximate surface area is 185 Å². The molecule has 0 radical (unpaired) electrons. The molecule has 2 aliphatic heterocycles. The van der Waals surface area contributed by atoms with Gasteiger partial charge < -0.3 is 23.8 Å². The van der Waals surface area contributed by atoms with Crippen molar-refractivity contribution in [2.45, 2.75) is 43.7 Å². The lowest BCUT2D eigenvalue weighted by molar-refractivity contribution is -0.200. The zero-order valence-corrected chi connectivity index (χ0v) is 18.3. The first-order valence-electron chi connectivity index (χ1n) is 10.5. The molecule has 2 aliphatic rings. The maximum absolute atomic E-state index is 13.1. The first kappa shape index (κ1) is 21.8. The normalized spacial score (nSPS) is 25.9. The molecule has 0 bridgehead atoms. The maximum Gasteiger partial charge on any atom is 0.410 e. The molecule has 0 saturated carbocycles. The fraction of sp³-hybridized carbons (Fsp3) is 0.478. The monoisotopic (exact) mass is 445 g/mol. The van der Waals surface area contributed by atoms with Gasteiger partial charge in [-0.05, 0) is 36.3 Å². The lowest BCUT2D eigenvalue weighted by Gasteiger charge is -2.34. The standard InChI is InChI=1S/C23H27NO6S/c1-27-21(25)23(19-10-7-13-31-19)16-24(14-18(23)30-20-11-5-6-12-28-20)22(26)29-15-17-8-3-2-4-9-17/h2-4,7-10,13,18,20H,5-6,11-12,14-16H2,1H3. The Kier molecular flexibility index (Phi) is 6.89. The molecule has 1 aromatic carbocycles. The number of ether oxygens (including phenoxy) is 4. The molecule has 3 unspecified atom stereocenters. The van der Waals surface area contributed by atoms with Gasteiger partial charge in [-0.15, -0.1) is 11.3 Å². The Bertz CT molecular complexity index is 867. The molecule has 4 rings (SSSR count). The molecule has 2 saturated heterocycles. The third-order valence-electron chi connectivity index (χ3n) is 5.80. The summed E-state index contributed by atoms with van der Waals surface area (Å²) in [6.07, 6.45) is 1.29. The van der Waals surface area contributed by atoms with Crippen molar-refractivity contribution in [2.24, 2.45) is 0 Å². The molecular weight excluding hydrogens is 418 g/mol. The summed E-state index contributed by atoms with van der Waals surface area (Å²) in [5, 5.41) is 1.91. The Morgan fingerprint density at radius 2 is 2.03 bits per heavy atom. The molecule has 0 aliphatic carbocycles. The number of carbonyl (C=O) groups excluding carboxylic acids is 2. The van der Waals surface area contributed by atoms with Crippen LogP contribution in [0.15, 0.2) is 47.8 Å². The Balaban J connectivity index is 1.56. The highest BCUT2D eigenvalue weighted by Gasteiger charge is 2.58. The molecule has 31 heavy (non-hydrogen) atoms. The zero-order chi connectivity index (χ0) is 21.7. The molecule has 166 valence electrons. The molecule has 0 spiro atoms. The third-order valence-corrected chi connectivity index (χ3v) is 6.85. The zero-order valence-electron chi connectivity index (χ0n) is 17.5. The SMILES string of the molecule is COC(=O)C1(c2cccs2)CN(C(=O)OCc2ccccc2)CC1OC1CCCCO1. The van der Waals surface area contributed by atoms with Crippen LogP contribution in [0.3, 0.4) is 0 Å². The number of rotatable bonds is 6. The number of esters is 1. The fourth-order valence-corrected chi connectivity index (χ4v) is 5.13. The van der Waals surface area contributed by atoms with Crippen LogP contribution in [-0.4, -0.2) is 56.2 Å². The first-order valence-corrected chi connectivity index (χ1v) is 11.4. The van der Waals surface area contributed by atoms with Gasteiger partial charge in [0.05, 0.1) is 13.7 Å². The van der Waals surface area contributed by atoms with Crippen LogP contribution in [0.2, 0.25) is 0 Å². The Morgan fingerprint density at radius 1 is 1.19 bits per heavy atom. The highest BCUT2D eigenvalue weighted by atomic mass is 32.1. The summed E-state index contributed by atoms with van der Waals surface area (Å²) in [6.45, 7) is 1.15. The van der Waals surface area contributed by atoms with E-state index in [1.807, 2.05) is 47.8 Å². The number of amides is 1. The quantitative estimate of drug-likeness (QED) is 0.631. The highest BCUT2D eigenvalue weighted by molar-refractivity contribution is 7.10. The van der Waals surface area contributed by atoms with Crippen molar-refractivity contribution < 1.29 is 28.5 Å². The van der Waals surface area contributed by atoms with E-state index < -0.39 is 29.9 Å². The second-order valence-corrected chi connectivity index (χ2v) is 8.73. The van der Waals surface area contributed by atoms with Crippen LogP contribution >= 0.6 is 11.3 Å². The predicted molar refractivity (Wildman–Crippen MR) is 115 cm³/mol. The van der Waals surface area contributed by atoms with E-state index >= 15 is 0 Å². The summed E-state index contributed by atoms with van der Waals surface area (Å²) in [7, 11) is 1.36. The topological polar surface area (TPSA) is 74.3 Å². The summed E-state index contributed by atoms with van der Waals surface area (Å²) < 4.78 is 22.8. The molecule has 0 N–H and O–H groups in total. The fourth-order valence-electron chi connectivity index (χ4n) is 4.18. The van der Waals surface area contributed by atoms with E-state index in [1.165, 1.54) is 23.3 Å². The van der Waals surface area contributed by atoms with Crippen LogP contribution in [0.5, 0.6) is 0 Å². The van der Waals surface area contributed by atoms with Gasteiger partial charge in [0.25, 0.3) is 0 Å². The van der Waals surface area contributed by atoms with Crippen LogP contribution in [0.25, 0.3) is 0 Å². The summed E-state index contributed by atoms with van der Waals surface area (Å²) in [5.41, 5.74) is -0.217. The predicted octanol–water partition coefficient (Wildman–Crippen LogP) is 3.72. The smallest absolute Gasteiger partial charge is 0.410 e. The molecule has 3 heterocycles. The molecule has 2 aromatic rings. The van der Waals surface area contributed by atoms with Crippen molar-refractivity contribution in [3.63, 3.8) is 0 Å². The second-order valence-electron chi connectivity index (χ2n) is 7.78. The lowest BCUT2D eigenvalue weighted by Crippen LogP contribution is -2.49. The van der Waals surface area contributed by atoms with Crippen molar-refractivity contribution in [1.82, 2.24) is 4.90 Å². The molecule has 7 nitrogen and oxygen atoms in total. The van der Waals surface area contributed by atoms with Crippen molar-refractivity contribution in [1.29, 1.82) is 0 Å². The number of benzene rings is 1. The van der Waals surface area contributed by atoms with E-state index in [2.05, 4.69) is 0 Å². The summed E-state index contributed by atoms with van der Waals surface area (Å²) >= 11 is 1.45. The van der Waals surface area contributed by atoms with Crippen molar-refractivity contribution in [2.75, 3.05) is 26.8 Å². The molecule has 3 atom stereocenters. The summed E-state index contributed by atoms with van der Waals surface area (Å²) in [5.74, 6) is -0.422. The van der Waals surface area contributed by atoms with Crippen LogP contribution < -0.4 is 0 Å². The van der Waals surface area contributed by atoms with Gasteiger partial charge in [0.1, 0.15) is 18.1 Å². The van der Waals surface area contributed by atoms with Crippen LogP contribution in [-0.2, 0) is 35.8 Å². The van der Waals surface area contributed by atoms with E-state index in [1.54, 1.807) is 0 Å². The number of nitrogens with zero attached hydrogens (tertiary/aromatic N) is 1. The average molecular weight is 446 g/mol. The first-order chi connectivity index (χ1) is 15.1. The van der Waals surface area contributed by atoms with E-state index in [-0.39, 0.29) is 19.7 Å². The van der Waals surface area contributed by atoms with Gasteiger partial charge in [0.2, 0.25) is 0 Å². The number of likely N-dealkylation sites (tertiary alicyclic amines) is 1. The number of hydrogen-bond donors (Lipinski definition) is 0. The van der Waals surface area contributed by atoms with Crippen molar-refractivity contribution in [3.8, 4) is 0 Å². The molecule has 1 amide bonds. The Hall–Kier alpha value is -2.42. The minimum Gasteiger partial charge on any atom is -0.468 e. The van der Waals surface area contributed by atoms with Gasteiger partial charge in [-0.3, -0.25) is 4.79 Å². The minimum atomic E-state index is -1.12. The van der Waals surface area contributed by atoms with Gasteiger partial charge in [-0.1, -0.05) is 36.4 Å². The average Bonchev–Trinajstić information content (AvgIpc) is 3.47. The summed E-state index contributed by atoms with van der Waals surface area (Å²) in [6, 6.07) is 13.3. The Morgan fingerprint density at radius 3 is 2.71 bits per heavy atom. The largest absolute Gasteiger partial charge is 0.468 e. The van der Waals surface area contributed by atoms with Crippen molar-refractivity contribution in [3.05, 3.63) is 58.3 Å². The van der Waals surface area contributed by atoms with E-state index in [4.69, 9.17) is 18.9 Å². The molecule has 2 fully saturated rings. The van der Waals surface area contributed by atoms with Gasteiger partial charge in [-0.2, -0.15) is 0 Å². The highest BCUT2D eigenvalue weighted by Crippen LogP contribution is 2.41. The minimum absolute atomic E-state index is 0.130. The third kappa shape index (κ3) is 4.61. The van der Waals surface area contributed by atoms with E-state index in [9.17, 15) is 9.59 Å². The number of thiophene rings is 1. The van der Waals surface area contributed by atoms with Gasteiger partial charge in [0.15, 0.2) is 6.29 Å². The number of methoxy groups -OCH3 is 1. The number of carbonyl (C=O) groups is 2. The molecule has 8 heteroatoms. The number of hydrogen-bond acceptors (Lipinski definition) is 7. The lowest BCUT2D eigenvalue weighted by atomic mass is 9.82. The van der Waals surface area contributed by atoms with Gasteiger partial charge in [-0.25, -0.2) is 4.79 Å². The van der Waals surface area contributed by atoms with E-state index in [0.717, 1.165) is 29.7 Å². The van der Waals surface area contributed by atoms with Crippen molar-refractivity contribution >= 4 is 23.4 Å². The van der Waals surface area contributed by atoms with Crippen LogP contribution in [0.4, 0.5) is 4.79 Å².